The van der Waals surface area contributed by atoms with Crippen LogP contribution in [-0.4, -0.2) is 35.7 Å². The third-order valence-electron chi connectivity index (χ3n) is 2.99. The zero-order valence-corrected chi connectivity index (χ0v) is 14.2. The van der Waals surface area contributed by atoms with Gasteiger partial charge in [-0.15, -0.1) is 11.3 Å². The van der Waals surface area contributed by atoms with E-state index in [1.165, 1.54) is 11.3 Å². The van der Waals surface area contributed by atoms with Crippen molar-refractivity contribution in [1.29, 1.82) is 0 Å². The van der Waals surface area contributed by atoms with E-state index < -0.39 is 11.6 Å². The van der Waals surface area contributed by atoms with Gasteiger partial charge >= 0.3 is 11.9 Å². The molecule has 7 heteroatoms. The van der Waals surface area contributed by atoms with Gasteiger partial charge in [-0.05, 0) is 27.7 Å². The van der Waals surface area contributed by atoms with Crippen LogP contribution in [0.15, 0.2) is 0 Å². The van der Waals surface area contributed by atoms with Gasteiger partial charge in [0.1, 0.15) is 16.7 Å². The fourth-order valence-corrected chi connectivity index (χ4v) is 3.37. The molecule has 1 N–H and O–H groups in total. The van der Waals surface area contributed by atoms with Crippen LogP contribution in [-0.2, 0) is 31.9 Å². The van der Waals surface area contributed by atoms with Crippen molar-refractivity contribution in [1.82, 2.24) is 10.3 Å². The summed E-state index contributed by atoms with van der Waals surface area (Å²) < 4.78 is 10.4. The SMILES string of the molecule is CCOC(=O)Cc1nc2c(s1)C(C(=O)OC(C)(C)C)NCC2. The summed E-state index contributed by atoms with van der Waals surface area (Å²) in [4.78, 5) is 29.2. The lowest BCUT2D eigenvalue weighted by Gasteiger charge is -2.26. The van der Waals surface area contributed by atoms with Crippen molar-refractivity contribution in [2.75, 3.05) is 13.2 Å². The summed E-state index contributed by atoms with van der Waals surface area (Å²) in [6.07, 6.45) is 0.889. The van der Waals surface area contributed by atoms with Crippen LogP contribution in [0, 0.1) is 0 Å². The van der Waals surface area contributed by atoms with Gasteiger partial charge in [0.15, 0.2) is 0 Å². The number of thiazole rings is 1. The molecule has 6 nitrogen and oxygen atoms in total. The highest BCUT2D eigenvalue weighted by atomic mass is 32.1. The Bertz CT molecular complexity index is 562. The molecule has 0 spiro atoms. The van der Waals surface area contributed by atoms with Crippen molar-refractivity contribution >= 4 is 23.3 Å². The van der Waals surface area contributed by atoms with E-state index in [0.717, 1.165) is 17.0 Å². The Balaban J connectivity index is 2.15. The summed E-state index contributed by atoms with van der Waals surface area (Å²) in [6.45, 7) is 8.31. The number of hydrogen-bond donors (Lipinski definition) is 1. The number of carbonyl (C=O) groups excluding carboxylic acids is 2. The fourth-order valence-electron chi connectivity index (χ4n) is 2.21. The maximum atomic E-state index is 12.3. The van der Waals surface area contributed by atoms with E-state index >= 15 is 0 Å². The molecule has 0 radical (unpaired) electrons. The van der Waals surface area contributed by atoms with E-state index in [-0.39, 0.29) is 18.4 Å². The molecule has 2 rings (SSSR count). The van der Waals surface area contributed by atoms with Crippen molar-refractivity contribution in [2.45, 2.75) is 52.2 Å². The first-order valence-electron chi connectivity index (χ1n) is 7.40. The van der Waals surface area contributed by atoms with E-state index in [4.69, 9.17) is 9.47 Å². The van der Waals surface area contributed by atoms with Gasteiger partial charge in [0.2, 0.25) is 0 Å². The zero-order chi connectivity index (χ0) is 16.3. The molecule has 1 aliphatic rings. The van der Waals surface area contributed by atoms with E-state index in [1.54, 1.807) is 6.92 Å². The number of aromatic nitrogens is 1. The quantitative estimate of drug-likeness (QED) is 0.850. The summed E-state index contributed by atoms with van der Waals surface area (Å²) in [5.74, 6) is -0.602. The number of hydrogen-bond acceptors (Lipinski definition) is 7. The average Bonchev–Trinajstić information content (AvgIpc) is 2.78. The molecule has 1 aliphatic heterocycles. The number of rotatable bonds is 4. The predicted octanol–water partition coefficient (Wildman–Crippen LogP) is 1.78. The second-order valence-electron chi connectivity index (χ2n) is 6.07. The normalized spacial score (nSPS) is 17.7. The first kappa shape index (κ1) is 16.9. The van der Waals surface area contributed by atoms with Crippen LogP contribution in [0.3, 0.4) is 0 Å². The third-order valence-corrected chi connectivity index (χ3v) is 4.15. The molecular weight excluding hydrogens is 304 g/mol. The summed E-state index contributed by atoms with van der Waals surface area (Å²) in [5, 5.41) is 3.85. The number of nitrogens with one attached hydrogen (secondary N) is 1. The standard InChI is InChI=1S/C15H22N2O4S/c1-5-20-11(18)8-10-17-9-6-7-16-12(13(9)22-10)14(19)21-15(2,3)4/h12,16H,5-8H2,1-4H3. The lowest BCUT2D eigenvalue weighted by Crippen LogP contribution is -2.38. The molecule has 0 aromatic carbocycles. The van der Waals surface area contributed by atoms with Gasteiger partial charge in [-0.2, -0.15) is 0 Å². The van der Waals surface area contributed by atoms with Crippen LogP contribution in [0.25, 0.3) is 0 Å². The Labute approximate surface area is 134 Å². The first-order valence-corrected chi connectivity index (χ1v) is 8.22. The van der Waals surface area contributed by atoms with E-state index in [1.807, 2.05) is 20.8 Å². The number of fused-ring (bicyclic) bond motifs is 1. The number of ether oxygens (including phenoxy) is 2. The first-order chi connectivity index (χ1) is 10.3. The highest BCUT2D eigenvalue weighted by Gasteiger charge is 2.33. The molecule has 1 atom stereocenters. The Hall–Kier alpha value is -1.47. The van der Waals surface area contributed by atoms with Crippen molar-refractivity contribution in [3.05, 3.63) is 15.6 Å². The van der Waals surface area contributed by atoms with Gasteiger partial charge in [0, 0.05) is 13.0 Å². The molecule has 1 unspecified atom stereocenters. The lowest BCUT2D eigenvalue weighted by atomic mass is 10.1. The maximum Gasteiger partial charge on any atom is 0.329 e. The largest absolute Gasteiger partial charge is 0.466 e. The molecule has 0 amide bonds. The molecule has 122 valence electrons. The molecule has 1 aromatic rings. The predicted molar refractivity (Wildman–Crippen MR) is 82.7 cm³/mol. The summed E-state index contributed by atoms with van der Waals surface area (Å²) in [5.41, 5.74) is 0.341. The molecule has 2 heterocycles. The molecule has 0 fully saturated rings. The average molecular weight is 326 g/mol. The second kappa shape index (κ2) is 6.75. The Morgan fingerprint density at radius 3 is 2.77 bits per heavy atom. The summed E-state index contributed by atoms with van der Waals surface area (Å²) in [6, 6.07) is -0.503. The Morgan fingerprint density at radius 1 is 1.41 bits per heavy atom. The van der Waals surface area contributed by atoms with E-state index in [9.17, 15) is 9.59 Å². The highest BCUT2D eigenvalue weighted by Crippen LogP contribution is 2.31. The zero-order valence-electron chi connectivity index (χ0n) is 13.4. The summed E-state index contributed by atoms with van der Waals surface area (Å²) in [7, 11) is 0. The summed E-state index contributed by atoms with van der Waals surface area (Å²) >= 11 is 1.38. The van der Waals surface area contributed by atoms with Crippen molar-refractivity contribution in [2.24, 2.45) is 0 Å². The topological polar surface area (TPSA) is 77.5 Å². The smallest absolute Gasteiger partial charge is 0.329 e. The van der Waals surface area contributed by atoms with Crippen LogP contribution in [0.5, 0.6) is 0 Å². The van der Waals surface area contributed by atoms with Crippen molar-refractivity contribution < 1.29 is 19.1 Å². The molecule has 22 heavy (non-hydrogen) atoms. The van der Waals surface area contributed by atoms with Gasteiger partial charge < -0.3 is 9.47 Å². The molecule has 1 aromatic heterocycles. The van der Waals surface area contributed by atoms with Crippen molar-refractivity contribution in [3.63, 3.8) is 0 Å². The highest BCUT2D eigenvalue weighted by molar-refractivity contribution is 7.12. The minimum atomic E-state index is -0.533. The minimum absolute atomic E-state index is 0.145. The van der Waals surface area contributed by atoms with Gasteiger partial charge in [0.05, 0.1) is 23.6 Å². The maximum absolute atomic E-state index is 12.3. The van der Waals surface area contributed by atoms with Gasteiger partial charge in [-0.1, -0.05) is 0 Å². The molecular formula is C15H22N2O4S. The molecule has 0 saturated carbocycles. The van der Waals surface area contributed by atoms with E-state index in [2.05, 4.69) is 10.3 Å². The molecule has 0 bridgehead atoms. The van der Waals surface area contributed by atoms with Gasteiger partial charge in [0.25, 0.3) is 0 Å². The molecule has 0 saturated heterocycles. The van der Waals surface area contributed by atoms with Crippen LogP contribution in [0.2, 0.25) is 0 Å². The number of carbonyl (C=O) groups is 2. The molecule has 0 aliphatic carbocycles. The van der Waals surface area contributed by atoms with Gasteiger partial charge in [-0.25, -0.2) is 9.78 Å². The van der Waals surface area contributed by atoms with Gasteiger partial charge in [-0.3, -0.25) is 10.1 Å². The van der Waals surface area contributed by atoms with E-state index in [0.29, 0.717) is 18.2 Å². The van der Waals surface area contributed by atoms with Crippen LogP contribution < -0.4 is 5.32 Å². The minimum Gasteiger partial charge on any atom is -0.466 e. The fraction of sp³-hybridized carbons (Fsp3) is 0.667. The van der Waals surface area contributed by atoms with Crippen LogP contribution in [0.1, 0.15) is 49.3 Å². The second-order valence-corrected chi connectivity index (χ2v) is 7.19. The monoisotopic (exact) mass is 326 g/mol. The Morgan fingerprint density at radius 2 is 2.14 bits per heavy atom. The van der Waals surface area contributed by atoms with Crippen LogP contribution >= 0.6 is 11.3 Å². The Kier molecular flexibility index (Phi) is 5.18. The number of nitrogens with zero attached hydrogens (tertiary/aromatic N) is 1. The van der Waals surface area contributed by atoms with Crippen LogP contribution in [0.4, 0.5) is 0 Å². The lowest BCUT2D eigenvalue weighted by molar-refractivity contribution is -0.157. The number of esters is 2. The van der Waals surface area contributed by atoms with Crippen molar-refractivity contribution in [3.8, 4) is 0 Å². The third kappa shape index (κ3) is 4.27.